The predicted molar refractivity (Wildman–Crippen MR) is 69.9 cm³/mol. The number of carbonyl (C=O) groups is 2. The van der Waals surface area contributed by atoms with Crippen LogP contribution in [0.25, 0.3) is 0 Å². The molecule has 0 heterocycles. The van der Waals surface area contributed by atoms with Crippen LogP contribution in [0.2, 0.25) is 0 Å². The summed E-state index contributed by atoms with van der Waals surface area (Å²) in [5.74, 6) is -1.01. The van der Waals surface area contributed by atoms with Crippen LogP contribution in [0.5, 0.6) is 5.75 Å². The van der Waals surface area contributed by atoms with Crippen molar-refractivity contribution < 1.29 is 27.8 Å². The van der Waals surface area contributed by atoms with Gasteiger partial charge in [0.05, 0.1) is 11.6 Å². The van der Waals surface area contributed by atoms with Crippen molar-refractivity contribution >= 4 is 17.6 Å². The number of anilines is 1. The molecule has 1 saturated carbocycles. The zero-order valence-corrected chi connectivity index (χ0v) is 11.3. The van der Waals surface area contributed by atoms with Gasteiger partial charge in [-0.2, -0.15) is 8.78 Å². The van der Waals surface area contributed by atoms with Gasteiger partial charge < -0.3 is 14.8 Å². The summed E-state index contributed by atoms with van der Waals surface area (Å²) < 4.78 is 33.6. The van der Waals surface area contributed by atoms with Crippen molar-refractivity contribution in [1.29, 1.82) is 0 Å². The van der Waals surface area contributed by atoms with E-state index in [-0.39, 0.29) is 17.4 Å². The van der Waals surface area contributed by atoms with E-state index in [1.807, 2.05) is 6.92 Å². The molecule has 114 valence electrons. The lowest BCUT2D eigenvalue weighted by Gasteiger charge is -2.11. The van der Waals surface area contributed by atoms with Gasteiger partial charge in [-0.1, -0.05) is 19.1 Å². The highest BCUT2D eigenvalue weighted by Gasteiger charge is 2.40. The van der Waals surface area contributed by atoms with Crippen molar-refractivity contribution in [2.45, 2.75) is 20.0 Å². The van der Waals surface area contributed by atoms with E-state index in [1.165, 1.54) is 18.2 Å². The van der Waals surface area contributed by atoms with E-state index in [0.717, 1.165) is 6.42 Å². The highest BCUT2D eigenvalue weighted by molar-refractivity contribution is 5.94. The Morgan fingerprint density at radius 1 is 1.38 bits per heavy atom. The molecule has 5 nitrogen and oxygen atoms in total. The molecule has 1 aromatic rings. The molecule has 1 fully saturated rings. The molecule has 2 atom stereocenters. The van der Waals surface area contributed by atoms with Crippen molar-refractivity contribution in [3.05, 3.63) is 24.3 Å². The number of amides is 1. The summed E-state index contributed by atoms with van der Waals surface area (Å²) in [6, 6.07) is 5.79. The zero-order valence-electron chi connectivity index (χ0n) is 11.3. The lowest BCUT2D eigenvalue weighted by Crippen LogP contribution is -2.22. The van der Waals surface area contributed by atoms with Crippen LogP contribution in [-0.4, -0.2) is 25.1 Å². The minimum atomic E-state index is -2.99. The fraction of sp³-hybridized carbons (Fsp3) is 0.429. The molecule has 1 aliphatic carbocycles. The Balaban J connectivity index is 1.86. The van der Waals surface area contributed by atoms with Crippen molar-refractivity contribution in [3.8, 4) is 5.75 Å². The molecule has 1 aromatic carbocycles. The Bertz CT molecular complexity index is 535. The van der Waals surface area contributed by atoms with Gasteiger partial charge in [0.2, 0.25) is 0 Å². The molecule has 2 rings (SSSR count). The molecule has 0 saturated heterocycles. The second-order valence-electron chi connectivity index (χ2n) is 4.85. The maximum absolute atomic E-state index is 12.2. The number of hydrogen-bond acceptors (Lipinski definition) is 4. The maximum atomic E-state index is 12.2. The van der Waals surface area contributed by atoms with Gasteiger partial charge in [0.15, 0.2) is 6.61 Å². The monoisotopic (exact) mass is 299 g/mol. The van der Waals surface area contributed by atoms with E-state index in [1.54, 1.807) is 6.07 Å². The number of alkyl halides is 2. The molecular formula is C14H15F2NO4. The largest absolute Gasteiger partial charge is 0.455 e. The third kappa shape index (κ3) is 4.40. The van der Waals surface area contributed by atoms with E-state index in [2.05, 4.69) is 10.1 Å². The summed E-state index contributed by atoms with van der Waals surface area (Å²) in [6.07, 6.45) is 0.769. The Morgan fingerprint density at radius 2 is 2.05 bits per heavy atom. The van der Waals surface area contributed by atoms with Crippen LogP contribution < -0.4 is 10.1 Å². The minimum absolute atomic E-state index is 0.0960. The molecule has 1 N–H and O–H groups in total. The number of ether oxygens (including phenoxy) is 2. The van der Waals surface area contributed by atoms with Gasteiger partial charge in [0, 0.05) is 0 Å². The van der Waals surface area contributed by atoms with Gasteiger partial charge in [-0.3, -0.25) is 9.59 Å². The van der Waals surface area contributed by atoms with Crippen LogP contribution in [0, 0.1) is 11.8 Å². The van der Waals surface area contributed by atoms with Gasteiger partial charge in [0.25, 0.3) is 5.91 Å². The number of esters is 1. The Hall–Kier alpha value is -2.18. The first kappa shape index (κ1) is 15.2. The number of hydrogen-bond donors (Lipinski definition) is 1. The average Bonchev–Trinajstić information content (AvgIpc) is 3.15. The lowest BCUT2D eigenvalue weighted by atomic mass is 10.3. The van der Waals surface area contributed by atoms with Crippen molar-refractivity contribution in [2.24, 2.45) is 11.8 Å². The van der Waals surface area contributed by atoms with Crippen LogP contribution in [0.15, 0.2) is 24.3 Å². The van der Waals surface area contributed by atoms with Gasteiger partial charge in [-0.15, -0.1) is 0 Å². The van der Waals surface area contributed by atoms with Crippen LogP contribution in [0.4, 0.5) is 14.5 Å². The smallest absolute Gasteiger partial charge is 0.387 e. The molecule has 1 aliphatic rings. The van der Waals surface area contributed by atoms with Crippen LogP contribution in [0.3, 0.4) is 0 Å². The Kier molecular flexibility index (Phi) is 4.72. The van der Waals surface area contributed by atoms with Gasteiger partial charge in [0.1, 0.15) is 5.75 Å². The van der Waals surface area contributed by atoms with E-state index in [9.17, 15) is 18.4 Å². The molecule has 0 unspecified atom stereocenters. The zero-order chi connectivity index (χ0) is 15.4. The summed E-state index contributed by atoms with van der Waals surface area (Å²) in [7, 11) is 0. The summed E-state index contributed by atoms with van der Waals surface area (Å²) in [6.45, 7) is -1.52. The second kappa shape index (κ2) is 6.51. The average molecular weight is 299 g/mol. The van der Waals surface area contributed by atoms with Crippen molar-refractivity contribution in [3.63, 3.8) is 0 Å². The number of halogens is 2. The van der Waals surface area contributed by atoms with Crippen LogP contribution >= 0.6 is 0 Å². The molecule has 21 heavy (non-hydrogen) atoms. The first-order valence-electron chi connectivity index (χ1n) is 6.47. The molecule has 7 heteroatoms. The molecule has 0 aliphatic heterocycles. The number of benzene rings is 1. The molecule has 0 bridgehead atoms. The first-order chi connectivity index (χ1) is 9.97. The lowest BCUT2D eigenvalue weighted by molar-refractivity contribution is -0.148. The molecule has 0 spiro atoms. The Labute approximate surface area is 120 Å². The van der Waals surface area contributed by atoms with E-state index < -0.39 is 25.1 Å². The quantitative estimate of drug-likeness (QED) is 0.819. The van der Waals surface area contributed by atoms with Gasteiger partial charge in [-0.05, 0) is 24.5 Å². The fourth-order valence-electron chi connectivity index (χ4n) is 1.85. The van der Waals surface area contributed by atoms with Crippen molar-refractivity contribution in [1.82, 2.24) is 0 Å². The fourth-order valence-corrected chi connectivity index (χ4v) is 1.85. The Morgan fingerprint density at radius 3 is 2.67 bits per heavy atom. The first-order valence-corrected chi connectivity index (χ1v) is 6.47. The SMILES string of the molecule is C[C@H]1C[C@@H]1C(=O)OCC(=O)Nc1ccccc1OC(F)F. The van der Waals surface area contributed by atoms with Crippen LogP contribution in [-0.2, 0) is 14.3 Å². The maximum Gasteiger partial charge on any atom is 0.387 e. The van der Waals surface area contributed by atoms with E-state index in [4.69, 9.17) is 4.74 Å². The highest BCUT2D eigenvalue weighted by Crippen LogP contribution is 2.38. The number of para-hydroxylation sites is 2. The third-order valence-electron chi connectivity index (χ3n) is 3.13. The summed E-state index contributed by atoms with van der Waals surface area (Å²) >= 11 is 0. The number of carbonyl (C=O) groups excluding carboxylic acids is 2. The topological polar surface area (TPSA) is 64.6 Å². The van der Waals surface area contributed by atoms with Crippen molar-refractivity contribution in [2.75, 3.05) is 11.9 Å². The van der Waals surface area contributed by atoms with E-state index in [0.29, 0.717) is 5.92 Å². The van der Waals surface area contributed by atoms with Gasteiger partial charge >= 0.3 is 12.6 Å². The minimum Gasteiger partial charge on any atom is -0.455 e. The predicted octanol–water partition coefficient (Wildman–Crippen LogP) is 2.43. The summed E-state index contributed by atoms with van der Waals surface area (Å²) in [5, 5.41) is 2.37. The molecule has 0 aromatic heterocycles. The molecule has 1 amide bonds. The number of nitrogens with one attached hydrogen (secondary N) is 1. The standard InChI is InChI=1S/C14H15F2NO4/c1-8-6-9(8)13(19)20-7-12(18)17-10-4-2-3-5-11(10)21-14(15)16/h2-5,8-9,14H,6-7H2,1H3,(H,17,18)/t8-,9-/m0/s1. The highest BCUT2D eigenvalue weighted by atomic mass is 19.3. The normalized spacial score (nSPS) is 20.0. The molecule has 0 radical (unpaired) electrons. The summed E-state index contributed by atoms with van der Waals surface area (Å²) in [5.41, 5.74) is 0.0960. The second-order valence-corrected chi connectivity index (χ2v) is 4.85. The number of rotatable bonds is 6. The van der Waals surface area contributed by atoms with E-state index >= 15 is 0 Å². The third-order valence-corrected chi connectivity index (χ3v) is 3.13. The molecular weight excluding hydrogens is 284 g/mol. The summed E-state index contributed by atoms with van der Waals surface area (Å²) in [4.78, 5) is 23.1. The van der Waals surface area contributed by atoms with Gasteiger partial charge in [-0.25, -0.2) is 0 Å². The van der Waals surface area contributed by atoms with Crippen LogP contribution in [0.1, 0.15) is 13.3 Å².